The number of carbonyl (C=O) groups is 2. The number of benzene rings is 2. The third-order valence-electron chi connectivity index (χ3n) is 4.54. The van der Waals surface area contributed by atoms with Gasteiger partial charge < -0.3 is 0 Å². The predicted molar refractivity (Wildman–Crippen MR) is 118 cm³/mol. The van der Waals surface area contributed by atoms with E-state index in [4.69, 9.17) is 0 Å². The Bertz CT molecular complexity index is 1220. The fourth-order valence-corrected chi connectivity index (χ4v) is 5.05. The number of carbonyl (C=O) groups excluding carboxylic acids is 2. The molecule has 164 valence electrons. The second-order valence-corrected chi connectivity index (χ2v) is 10.4. The van der Waals surface area contributed by atoms with Gasteiger partial charge in [-0.2, -0.15) is 0 Å². The second-order valence-electron chi connectivity index (χ2n) is 6.86. The fraction of sp³-hybridized carbons (Fsp3) is 0.200. The van der Waals surface area contributed by atoms with Crippen molar-refractivity contribution in [3.8, 4) is 0 Å². The SMILES string of the molecule is C=CCN(c1cccc(NS(=O)(=O)c2ccc(N3C(=O)CCC3=O)cc2)c1)S(C)(=O)=O. The van der Waals surface area contributed by atoms with Crippen LogP contribution in [0.25, 0.3) is 0 Å². The van der Waals surface area contributed by atoms with Gasteiger partial charge in [-0.1, -0.05) is 12.1 Å². The van der Waals surface area contributed by atoms with Gasteiger partial charge in [-0.05, 0) is 42.5 Å². The Morgan fingerprint density at radius 3 is 2.19 bits per heavy atom. The topological polar surface area (TPSA) is 121 Å². The average molecular weight is 464 g/mol. The summed E-state index contributed by atoms with van der Waals surface area (Å²) >= 11 is 0. The summed E-state index contributed by atoms with van der Waals surface area (Å²) in [6.07, 6.45) is 2.74. The van der Waals surface area contributed by atoms with E-state index < -0.39 is 20.0 Å². The highest BCUT2D eigenvalue weighted by molar-refractivity contribution is 7.92. The molecule has 0 aliphatic carbocycles. The summed E-state index contributed by atoms with van der Waals surface area (Å²) in [5.41, 5.74) is 0.759. The lowest BCUT2D eigenvalue weighted by Crippen LogP contribution is -2.30. The number of imide groups is 1. The van der Waals surface area contributed by atoms with Gasteiger partial charge in [0, 0.05) is 12.8 Å². The molecule has 2 aromatic carbocycles. The van der Waals surface area contributed by atoms with Crippen molar-refractivity contribution in [2.24, 2.45) is 0 Å². The normalized spacial score (nSPS) is 14.5. The largest absolute Gasteiger partial charge is 0.280 e. The fourth-order valence-electron chi connectivity index (χ4n) is 3.13. The molecule has 1 aliphatic rings. The number of nitrogens with zero attached hydrogens (tertiary/aromatic N) is 2. The average Bonchev–Trinajstić information content (AvgIpc) is 3.03. The number of anilines is 3. The zero-order valence-corrected chi connectivity index (χ0v) is 18.3. The Morgan fingerprint density at radius 1 is 1.03 bits per heavy atom. The molecule has 1 aliphatic heterocycles. The number of amides is 2. The maximum Gasteiger partial charge on any atom is 0.261 e. The molecule has 11 heteroatoms. The van der Waals surface area contributed by atoms with E-state index in [2.05, 4.69) is 11.3 Å². The predicted octanol–water partition coefficient (Wildman–Crippen LogP) is 2.09. The molecule has 0 spiro atoms. The van der Waals surface area contributed by atoms with Crippen LogP contribution in [0.4, 0.5) is 17.1 Å². The van der Waals surface area contributed by atoms with Crippen LogP contribution in [0.2, 0.25) is 0 Å². The number of hydrogen-bond donors (Lipinski definition) is 1. The van der Waals surface area contributed by atoms with E-state index >= 15 is 0 Å². The van der Waals surface area contributed by atoms with E-state index in [0.29, 0.717) is 5.69 Å². The first kappa shape index (κ1) is 22.5. The van der Waals surface area contributed by atoms with Crippen molar-refractivity contribution in [2.75, 3.05) is 26.7 Å². The van der Waals surface area contributed by atoms with Crippen molar-refractivity contribution >= 4 is 48.9 Å². The minimum Gasteiger partial charge on any atom is -0.280 e. The molecule has 1 N–H and O–H groups in total. The van der Waals surface area contributed by atoms with Crippen molar-refractivity contribution in [3.63, 3.8) is 0 Å². The van der Waals surface area contributed by atoms with E-state index in [0.717, 1.165) is 15.5 Å². The van der Waals surface area contributed by atoms with Gasteiger partial charge >= 0.3 is 0 Å². The van der Waals surface area contributed by atoms with E-state index in [-0.39, 0.29) is 47.5 Å². The van der Waals surface area contributed by atoms with Gasteiger partial charge in [0.2, 0.25) is 21.8 Å². The van der Waals surface area contributed by atoms with Crippen LogP contribution in [0, 0.1) is 0 Å². The molecule has 31 heavy (non-hydrogen) atoms. The highest BCUT2D eigenvalue weighted by Gasteiger charge is 2.30. The Kier molecular flexibility index (Phi) is 6.18. The van der Waals surface area contributed by atoms with E-state index in [1.54, 1.807) is 6.07 Å². The monoisotopic (exact) mass is 463 g/mol. The molecule has 3 rings (SSSR count). The van der Waals surface area contributed by atoms with E-state index in [9.17, 15) is 26.4 Å². The summed E-state index contributed by atoms with van der Waals surface area (Å²) in [5.74, 6) is -0.656. The van der Waals surface area contributed by atoms with Crippen molar-refractivity contribution in [1.29, 1.82) is 0 Å². The first-order valence-electron chi connectivity index (χ1n) is 9.20. The first-order valence-corrected chi connectivity index (χ1v) is 12.5. The number of sulfonamides is 2. The smallest absolute Gasteiger partial charge is 0.261 e. The molecule has 0 aromatic heterocycles. The van der Waals surface area contributed by atoms with Crippen LogP contribution in [0.15, 0.2) is 66.1 Å². The van der Waals surface area contributed by atoms with Crippen LogP contribution in [-0.2, 0) is 29.6 Å². The molecular formula is C20H21N3O6S2. The van der Waals surface area contributed by atoms with E-state index in [1.165, 1.54) is 48.5 Å². The maximum absolute atomic E-state index is 12.8. The quantitative estimate of drug-likeness (QED) is 0.473. The highest BCUT2D eigenvalue weighted by atomic mass is 32.2. The first-order chi connectivity index (χ1) is 14.5. The molecule has 0 atom stereocenters. The summed E-state index contributed by atoms with van der Waals surface area (Å²) in [6.45, 7) is 3.57. The number of hydrogen-bond acceptors (Lipinski definition) is 6. The Morgan fingerprint density at radius 2 is 1.65 bits per heavy atom. The molecular weight excluding hydrogens is 442 g/mol. The summed E-state index contributed by atoms with van der Waals surface area (Å²) < 4.78 is 53.1. The second kappa shape index (κ2) is 8.52. The minimum atomic E-state index is -4.00. The van der Waals surface area contributed by atoms with Crippen LogP contribution in [0.3, 0.4) is 0 Å². The molecule has 9 nitrogen and oxygen atoms in total. The summed E-state index contributed by atoms with van der Waals surface area (Å²) in [7, 11) is -7.59. The number of nitrogens with one attached hydrogen (secondary N) is 1. The van der Waals surface area contributed by atoms with Gasteiger partial charge in [-0.3, -0.25) is 23.5 Å². The molecule has 0 saturated carbocycles. The molecule has 1 fully saturated rings. The van der Waals surface area contributed by atoms with Gasteiger partial charge in [0.25, 0.3) is 10.0 Å². The maximum atomic E-state index is 12.8. The lowest BCUT2D eigenvalue weighted by molar-refractivity contribution is -0.121. The van der Waals surface area contributed by atoms with Crippen molar-refractivity contribution in [2.45, 2.75) is 17.7 Å². The van der Waals surface area contributed by atoms with Crippen molar-refractivity contribution < 1.29 is 26.4 Å². The van der Waals surface area contributed by atoms with Crippen molar-refractivity contribution in [1.82, 2.24) is 0 Å². The van der Waals surface area contributed by atoms with Crippen molar-refractivity contribution in [3.05, 3.63) is 61.2 Å². The third kappa shape index (κ3) is 4.94. The number of rotatable bonds is 8. The Hall–Kier alpha value is -3.18. The highest BCUT2D eigenvalue weighted by Crippen LogP contribution is 2.26. The van der Waals surface area contributed by atoms with Crippen LogP contribution in [-0.4, -0.2) is 41.5 Å². The minimum absolute atomic E-state index is 0.0322. The van der Waals surface area contributed by atoms with Gasteiger partial charge in [-0.15, -0.1) is 6.58 Å². The summed E-state index contributed by atoms with van der Waals surface area (Å²) in [6, 6.07) is 11.3. The summed E-state index contributed by atoms with van der Waals surface area (Å²) in [4.78, 5) is 24.6. The summed E-state index contributed by atoms with van der Waals surface area (Å²) in [5, 5.41) is 0. The van der Waals surface area contributed by atoms with Crippen LogP contribution in [0.1, 0.15) is 12.8 Å². The Balaban J connectivity index is 1.85. The Labute approximate surface area is 181 Å². The molecule has 2 aromatic rings. The molecule has 1 saturated heterocycles. The van der Waals surface area contributed by atoms with Crippen LogP contribution >= 0.6 is 0 Å². The van der Waals surface area contributed by atoms with Gasteiger partial charge in [-0.25, -0.2) is 16.8 Å². The zero-order chi connectivity index (χ0) is 22.8. The molecule has 2 amide bonds. The molecule has 0 radical (unpaired) electrons. The molecule has 0 bridgehead atoms. The van der Waals surface area contributed by atoms with Gasteiger partial charge in [0.05, 0.1) is 34.8 Å². The third-order valence-corrected chi connectivity index (χ3v) is 7.10. The lowest BCUT2D eigenvalue weighted by atomic mass is 10.3. The van der Waals surface area contributed by atoms with Crippen LogP contribution < -0.4 is 13.9 Å². The van der Waals surface area contributed by atoms with Gasteiger partial charge in [0.1, 0.15) is 0 Å². The lowest BCUT2D eigenvalue weighted by Gasteiger charge is -2.21. The zero-order valence-electron chi connectivity index (χ0n) is 16.7. The standard InChI is InChI=1S/C20H21N3O6S2/c1-3-13-22(30(2,26)27)17-6-4-5-15(14-17)21-31(28,29)18-9-7-16(8-10-18)23-19(24)11-12-20(23)25/h3-10,14,21H,1,11-13H2,2H3. The van der Waals surface area contributed by atoms with Crippen LogP contribution in [0.5, 0.6) is 0 Å². The van der Waals surface area contributed by atoms with Gasteiger partial charge in [0.15, 0.2) is 0 Å². The molecule has 0 unspecified atom stereocenters. The molecule has 1 heterocycles. The van der Waals surface area contributed by atoms with E-state index in [1.807, 2.05) is 0 Å².